The van der Waals surface area contributed by atoms with E-state index in [9.17, 15) is 13.4 Å². The van der Waals surface area contributed by atoms with E-state index in [1.165, 1.54) is 0 Å². The van der Waals surface area contributed by atoms with Crippen molar-refractivity contribution in [2.75, 3.05) is 0 Å². The Labute approximate surface area is 170 Å². The van der Waals surface area contributed by atoms with Crippen LogP contribution in [0.4, 0.5) is 0 Å². The Bertz CT molecular complexity index is 1040. The van der Waals surface area contributed by atoms with Gasteiger partial charge in [-0.1, -0.05) is 30.3 Å². The van der Waals surface area contributed by atoms with Crippen LogP contribution in [0.5, 0.6) is 0 Å². The molecule has 1 aromatic carbocycles. The van der Waals surface area contributed by atoms with Crippen molar-refractivity contribution in [3.63, 3.8) is 0 Å². The van der Waals surface area contributed by atoms with Crippen molar-refractivity contribution in [1.29, 1.82) is 0 Å². The Balaban J connectivity index is 1.29. The number of hydrogen-bond acceptors (Lipinski definition) is 6. The molecule has 29 heavy (non-hydrogen) atoms. The molecule has 0 bridgehead atoms. The lowest BCUT2D eigenvalue weighted by molar-refractivity contribution is 0.278. The predicted octanol–water partition coefficient (Wildman–Crippen LogP) is 1.05. The van der Waals surface area contributed by atoms with Gasteiger partial charge in [0.05, 0.1) is 5.75 Å². The highest BCUT2D eigenvalue weighted by Crippen LogP contribution is 2.44. The lowest BCUT2D eigenvalue weighted by Gasteiger charge is -2.41. The summed E-state index contributed by atoms with van der Waals surface area (Å²) in [4.78, 5) is 0. The zero-order valence-electron chi connectivity index (χ0n) is 15.7. The summed E-state index contributed by atoms with van der Waals surface area (Å²) in [6, 6.07) is 9.08. The summed E-state index contributed by atoms with van der Waals surface area (Å²) in [5.41, 5.74) is 3.88. The predicted molar refractivity (Wildman–Crippen MR) is 110 cm³/mol. The fraction of sp³-hybridized carbons (Fsp3) is 0.300. The van der Waals surface area contributed by atoms with Crippen LogP contribution in [0.3, 0.4) is 0 Å². The maximum absolute atomic E-state index is 12.5. The highest BCUT2D eigenvalue weighted by atomic mass is 32.2. The molecule has 7 nitrogen and oxygen atoms in total. The van der Waals surface area contributed by atoms with Gasteiger partial charge in [0.2, 0.25) is 10.0 Å². The Hall–Kier alpha value is -2.49. The molecular weight excluding hydrogens is 389 g/mol. The first-order valence-corrected chi connectivity index (χ1v) is 11.4. The monoisotopic (exact) mass is 411 g/mol. The van der Waals surface area contributed by atoms with Gasteiger partial charge in [0.1, 0.15) is 11.9 Å². The highest BCUT2D eigenvalue weighted by molar-refractivity contribution is 7.88. The van der Waals surface area contributed by atoms with Gasteiger partial charge >= 0.3 is 7.12 Å². The Morgan fingerprint density at radius 1 is 1.21 bits per heavy atom. The number of sulfonamides is 1. The van der Waals surface area contributed by atoms with E-state index in [0.29, 0.717) is 18.6 Å². The summed E-state index contributed by atoms with van der Waals surface area (Å²) < 4.78 is 33.4. The normalized spacial score (nSPS) is 27.6. The van der Waals surface area contributed by atoms with E-state index >= 15 is 0 Å². The molecule has 4 N–H and O–H groups in total. The second kappa shape index (κ2) is 7.09. The second-order valence-electron chi connectivity index (χ2n) is 7.80. The maximum atomic E-state index is 12.5. The quantitative estimate of drug-likeness (QED) is 0.541. The van der Waals surface area contributed by atoms with Gasteiger partial charge in [0.25, 0.3) is 0 Å². The standard InChI is InChI=1S/C20H22BN3O4S/c25-21-10-17(19-16-6-7-22-20(16)23-11-18(19)28-21)14-8-15(9-14)24-29(26,27)12-13-4-2-1-3-5-13/h1-7,10-11,14-15,20,22-25H,8-9,12H2. The first kappa shape index (κ1) is 18.5. The van der Waals surface area contributed by atoms with Gasteiger partial charge in [0, 0.05) is 23.4 Å². The van der Waals surface area contributed by atoms with Crippen molar-refractivity contribution >= 4 is 17.1 Å². The van der Waals surface area contributed by atoms with Crippen LogP contribution in [0.25, 0.3) is 0 Å². The van der Waals surface area contributed by atoms with Crippen LogP contribution in [-0.4, -0.2) is 32.8 Å². The number of hydrogen-bond donors (Lipinski definition) is 4. The SMILES string of the molecule is O=S(=O)(Cc1ccccc1)NC1CC(C2=CB(O)OC3=CNC4NC=CC4=C32)C1. The summed E-state index contributed by atoms with van der Waals surface area (Å²) in [7, 11) is -4.39. The van der Waals surface area contributed by atoms with Crippen LogP contribution in [0.15, 0.2) is 77.3 Å². The molecular formula is C20H22BN3O4S. The minimum absolute atomic E-state index is 0.00348. The molecule has 0 saturated heterocycles. The Morgan fingerprint density at radius 2 is 2.00 bits per heavy atom. The van der Waals surface area contributed by atoms with Gasteiger partial charge in [-0.25, -0.2) is 13.1 Å². The number of benzene rings is 1. The minimum atomic E-state index is -3.40. The van der Waals surface area contributed by atoms with E-state index < -0.39 is 17.1 Å². The number of fused-ring (bicyclic) bond motifs is 2. The van der Waals surface area contributed by atoms with E-state index in [2.05, 4.69) is 15.4 Å². The van der Waals surface area contributed by atoms with Crippen LogP contribution in [0.1, 0.15) is 18.4 Å². The lowest BCUT2D eigenvalue weighted by Crippen LogP contribution is -2.47. The summed E-state index contributed by atoms with van der Waals surface area (Å²) in [5.74, 6) is 2.53. The van der Waals surface area contributed by atoms with Crippen molar-refractivity contribution in [2.45, 2.75) is 30.8 Å². The molecule has 3 heterocycles. The third kappa shape index (κ3) is 3.61. The molecule has 9 heteroatoms. The maximum Gasteiger partial charge on any atom is 0.552 e. The average molecular weight is 411 g/mol. The fourth-order valence-electron chi connectivity index (χ4n) is 4.36. The summed E-state index contributed by atoms with van der Waals surface area (Å²) in [6.07, 6.45) is 7.07. The molecule has 1 aromatic rings. The van der Waals surface area contributed by atoms with E-state index in [4.69, 9.17) is 4.65 Å². The molecule has 1 unspecified atom stereocenters. The minimum Gasteiger partial charge on any atom is -0.531 e. The molecule has 1 fully saturated rings. The largest absolute Gasteiger partial charge is 0.552 e. The van der Waals surface area contributed by atoms with Gasteiger partial charge in [0.15, 0.2) is 0 Å². The van der Waals surface area contributed by atoms with Crippen molar-refractivity contribution in [2.24, 2.45) is 5.92 Å². The van der Waals surface area contributed by atoms with Gasteiger partial charge < -0.3 is 20.3 Å². The van der Waals surface area contributed by atoms with Crippen molar-refractivity contribution in [1.82, 2.24) is 15.4 Å². The van der Waals surface area contributed by atoms with Crippen molar-refractivity contribution < 1.29 is 18.1 Å². The summed E-state index contributed by atoms with van der Waals surface area (Å²) >= 11 is 0. The van der Waals surface area contributed by atoms with Gasteiger partial charge in [-0.2, -0.15) is 0 Å². The van der Waals surface area contributed by atoms with Gasteiger partial charge in [-0.05, 0) is 48.1 Å². The third-order valence-corrected chi connectivity index (χ3v) is 7.14. The van der Waals surface area contributed by atoms with Crippen LogP contribution in [0.2, 0.25) is 0 Å². The molecule has 0 amide bonds. The third-order valence-electron chi connectivity index (χ3n) is 5.74. The molecule has 1 saturated carbocycles. The molecule has 1 atom stereocenters. The van der Waals surface area contributed by atoms with E-state index in [0.717, 1.165) is 22.3 Å². The average Bonchev–Trinajstić information content (AvgIpc) is 3.13. The fourth-order valence-corrected chi connectivity index (χ4v) is 5.77. The van der Waals surface area contributed by atoms with Crippen LogP contribution in [0, 0.1) is 5.92 Å². The topological polar surface area (TPSA) is 99.7 Å². The zero-order valence-corrected chi connectivity index (χ0v) is 16.5. The number of dihydropyridines is 1. The van der Waals surface area contributed by atoms with E-state index in [1.54, 1.807) is 12.2 Å². The second-order valence-corrected chi connectivity index (χ2v) is 9.55. The lowest BCUT2D eigenvalue weighted by atomic mass is 9.67. The number of nitrogens with one attached hydrogen (secondary N) is 3. The molecule has 0 radical (unpaired) electrons. The molecule has 1 aliphatic carbocycles. The molecule has 5 rings (SSSR count). The van der Waals surface area contributed by atoms with Crippen molar-refractivity contribution in [3.05, 3.63) is 82.8 Å². The first-order chi connectivity index (χ1) is 14.0. The van der Waals surface area contributed by atoms with Gasteiger partial charge in [-0.15, -0.1) is 0 Å². The van der Waals surface area contributed by atoms with Crippen molar-refractivity contribution in [3.8, 4) is 0 Å². The van der Waals surface area contributed by atoms with Gasteiger partial charge in [-0.3, -0.25) is 0 Å². The zero-order chi connectivity index (χ0) is 20.0. The molecule has 0 spiro atoms. The van der Waals surface area contributed by atoms with Crippen LogP contribution >= 0.6 is 0 Å². The number of allylic oxidation sites excluding steroid dienone is 1. The smallest absolute Gasteiger partial charge is 0.531 e. The first-order valence-electron chi connectivity index (χ1n) is 9.72. The van der Waals surface area contributed by atoms with Crippen LogP contribution in [-0.2, 0) is 20.4 Å². The summed E-state index contributed by atoms with van der Waals surface area (Å²) in [6.45, 7) is 0. The highest BCUT2D eigenvalue weighted by Gasteiger charge is 2.41. The number of rotatable bonds is 5. The Morgan fingerprint density at radius 3 is 2.79 bits per heavy atom. The molecule has 3 aliphatic heterocycles. The van der Waals surface area contributed by atoms with E-state index in [-0.39, 0.29) is 23.9 Å². The van der Waals surface area contributed by atoms with E-state index in [1.807, 2.05) is 42.6 Å². The molecule has 0 aromatic heterocycles. The summed E-state index contributed by atoms with van der Waals surface area (Å²) in [5, 5.41) is 16.6. The molecule has 150 valence electrons. The van der Waals surface area contributed by atoms with Crippen LogP contribution < -0.4 is 15.4 Å². The molecule has 4 aliphatic rings. The Kier molecular flexibility index (Phi) is 4.53.